The fraction of sp³-hybridized carbons (Fsp3) is 0.500. The molecule has 1 aliphatic rings. The molecule has 0 saturated carbocycles. The number of carboxylic acids is 1. The zero-order valence-corrected chi connectivity index (χ0v) is 7.61. The van der Waals surface area contributed by atoms with Crippen LogP contribution in [0.3, 0.4) is 0 Å². The van der Waals surface area contributed by atoms with Crippen molar-refractivity contribution >= 4 is 11.9 Å². The van der Waals surface area contributed by atoms with Gasteiger partial charge in [0.1, 0.15) is 6.04 Å². The van der Waals surface area contributed by atoms with E-state index in [2.05, 4.69) is 6.58 Å². The van der Waals surface area contributed by atoms with Crippen LogP contribution in [-0.2, 0) is 9.59 Å². The summed E-state index contributed by atoms with van der Waals surface area (Å²) in [6.45, 7) is 4.81. The van der Waals surface area contributed by atoms with E-state index in [-0.39, 0.29) is 5.57 Å². The van der Waals surface area contributed by atoms with Crippen LogP contribution in [0.15, 0.2) is 12.2 Å². The summed E-state index contributed by atoms with van der Waals surface area (Å²) >= 11 is 0. The summed E-state index contributed by atoms with van der Waals surface area (Å²) in [5.41, 5.74) is 5.30. The minimum absolute atomic E-state index is 0.195. The van der Waals surface area contributed by atoms with Crippen LogP contribution < -0.4 is 5.73 Å². The summed E-state index contributed by atoms with van der Waals surface area (Å²) in [6, 6.07) is -2.56. The number of rotatable bonds is 3. The van der Waals surface area contributed by atoms with E-state index in [4.69, 9.17) is 10.8 Å². The van der Waals surface area contributed by atoms with Crippen LogP contribution in [0, 0.1) is 0 Å². The lowest BCUT2D eigenvalue weighted by atomic mass is 9.99. The lowest BCUT2D eigenvalue weighted by molar-refractivity contribution is -0.171. The van der Waals surface area contributed by atoms with Crippen molar-refractivity contribution in [1.82, 2.24) is 4.90 Å². The zero-order valence-electron chi connectivity index (χ0n) is 7.61. The van der Waals surface area contributed by atoms with Crippen LogP contribution >= 0.6 is 0 Å². The van der Waals surface area contributed by atoms with Crippen LogP contribution in [0.2, 0.25) is 0 Å². The molecule has 0 aliphatic carbocycles. The summed E-state index contributed by atoms with van der Waals surface area (Å²) in [5, 5.41) is 8.74. The van der Waals surface area contributed by atoms with Crippen LogP contribution in [0.25, 0.3) is 0 Å². The van der Waals surface area contributed by atoms with Gasteiger partial charge in [0.05, 0.1) is 0 Å². The molecule has 14 heavy (non-hydrogen) atoms. The van der Waals surface area contributed by atoms with Crippen molar-refractivity contribution in [2.24, 2.45) is 5.73 Å². The number of nitrogens with two attached hydrogens (primary N) is 1. The molecule has 1 saturated heterocycles. The molecular weight excluding hydrogens is 191 g/mol. The molecule has 0 aromatic carbocycles. The molecule has 0 aromatic rings. The molecular formula is C8H11FN2O3. The number of likely N-dealkylation sites (tertiary alicyclic amines) is 1. The Kier molecular flexibility index (Phi) is 2.57. The SMILES string of the molecule is C=C(C)C(C(=O)O)N1C(=O)C(N)C1F. The van der Waals surface area contributed by atoms with Gasteiger partial charge in [-0.25, -0.2) is 9.18 Å². The van der Waals surface area contributed by atoms with Gasteiger partial charge >= 0.3 is 5.97 Å². The first-order chi connectivity index (χ1) is 6.37. The maximum Gasteiger partial charge on any atom is 0.330 e. The molecule has 3 N–H and O–H groups in total. The third-order valence-electron chi connectivity index (χ3n) is 2.08. The van der Waals surface area contributed by atoms with E-state index in [1.165, 1.54) is 6.92 Å². The van der Waals surface area contributed by atoms with Gasteiger partial charge in [0.2, 0.25) is 5.91 Å². The molecule has 1 rings (SSSR count). The number of carbonyl (C=O) groups excluding carboxylic acids is 1. The molecule has 78 valence electrons. The molecule has 0 bridgehead atoms. The van der Waals surface area contributed by atoms with Gasteiger partial charge in [0.25, 0.3) is 0 Å². The number of halogens is 1. The Morgan fingerprint density at radius 3 is 2.57 bits per heavy atom. The smallest absolute Gasteiger partial charge is 0.330 e. The third kappa shape index (κ3) is 1.37. The maximum absolute atomic E-state index is 13.1. The van der Waals surface area contributed by atoms with Crippen molar-refractivity contribution < 1.29 is 19.1 Å². The first kappa shape index (κ1) is 10.6. The van der Waals surface area contributed by atoms with Crippen LogP contribution in [-0.4, -0.2) is 40.3 Å². The molecule has 5 nitrogen and oxygen atoms in total. The second-order valence-electron chi connectivity index (χ2n) is 3.23. The number of alkyl halides is 1. The average Bonchev–Trinajstić information content (AvgIpc) is 2.10. The van der Waals surface area contributed by atoms with E-state index < -0.39 is 30.3 Å². The molecule has 3 unspecified atom stereocenters. The van der Waals surface area contributed by atoms with Gasteiger partial charge in [-0.1, -0.05) is 6.58 Å². The molecule has 3 atom stereocenters. The zero-order chi connectivity index (χ0) is 11.0. The van der Waals surface area contributed by atoms with Crippen molar-refractivity contribution in [3.05, 3.63) is 12.2 Å². The molecule has 0 radical (unpaired) electrons. The van der Waals surface area contributed by atoms with E-state index in [1.807, 2.05) is 0 Å². The Balaban J connectivity index is 2.86. The summed E-state index contributed by atoms with van der Waals surface area (Å²) in [5.74, 6) is -2.01. The Hall–Kier alpha value is -1.43. The van der Waals surface area contributed by atoms with E-state index >= 15 is 0 Å². The minimum Gasteiger partial charge on any atom is -0.479 e. The van der Waals surface area contributed by atoms with Crippen LogP contribution in [0.4, 0.5) is 4.39 Å². The Morgan fingerprint density at radius 1 is 1.79 bits per heavy atom. The fourth-order valence-corrected chi connectivity index (χ4v) is 1.34. The first-order valence-electron chi connectivity index (χ1n) is 3.98. The van der Waals surface area contributed by atoms with E-state index in [0.29, 0.717) is 4.90 Å². The predicted octanol–water partition coefficient (Wildman–Crippen LogP) is -0.519. The topological polar surface area (TPSA) is 83.6 Å². The number of carboxylic acid groups (broad SMARTS) is 1. The van der Waals surface area contributed by atoms with E-state index in [1.54, 1.807) is 0 Å². The maximum atomic E-state index is 13.1. The highest BCUT2D eigenvalue weighted by Gasteiger charge is 2.51. The molecule has 6 heteroatoms. The number of amides is 1. The molecule has 0 spiro atoms. The van der Waals surface area contributed by atoms with Gasteiger partial charge in [0.15, 0.2) is 12.3 Å². The van der Waals surface area contributed by atoms with Crippen molar-refractivity contribution in [2.75, 3.05) is 0 Å². The molecule has 1 fully saturated rings. The predicted molar refractivity (Wildman–Crippen MR) is 46.0 cm³/mol. The van der Waals surface area contributed by atoms with Crippen molar-refractivity contribution in [1.29, 1.82) is 0 Å². The number of hydrogen-bond acceptors (Lipinski definition) is 3. The largest absolute Gasteiger partial charge is 0.479 e. The quantitative estimate of drug-likeness (QED) is 0.366. The molecule has 1 heterocycles. The van der Waals surface area contributed by atoms with Gasteiger partial charge in [-0.2, -0.15) is 0 Å². The number of carbonyl (C=O) groups is 2. The molecule has 0 aromatic heterocycles. The average molecular weight is 202 g/mol. The number of nitrogens with zero attached hydrogens (tertiary/aromatic N) is 1. The van der Waals surface area contributed by atoms with Crippen LogP contribution in [0.5, 0.6) is 0 Å². The van der Waals surface area contributed by atoms with E-state index in [0.717, 1.165) is 0 Å². The van der Waals surface area contributed by atoms with Crippen molar-refractivity contribution in [3.63, 3.8) is 0 Å². The Labute approximate surface area is 80.0 Å². The normalized spacial score (nSPS) is 28.2. The lowest BCUT2D eigenvalue weighted by Crippen LogP contribution is -2.70. The summed E-state index contributed by atoms with van der Waals surface area (Å²) in [4.78, 5) is 22.4. The summed E-state index contributed by atoms with van der Waals surface area (Å²) < 4.78 is 13.1. The Bertz CT molecular complexity index is 291. The van der Waals surface area contributed by atoms with E-state index in [9.17, 15) is 14.0 Å². The second kappa shape index (κ2) is 3.38. The number of β-lactam (4-membered cyclic amide) rings is 1. The number of hydrogen-bond donors (Lipinski definition) is 2. The highest BCUT2D eigenvalue weighted by Crippen LogP contribution is 2.25. The van der Waals surface area contributed by atoms with Gasteiger partial charge in [-0.15, -0.1) is 0 Å². The van der Waals surface area contributed by atoms with Gasteiger partial charge in [0, 0.05) is 0 Å². The third-order valence-corrected chi connectivity index (χ3v) is 2.08. The van der Waals surface area contributed by atoms with Gasteiger partial charge < -0.3 is 10.8 Å². The minimum atomic E-state index is -1.74. The highest BCUT2D eigenvalue weighted by atomic mass is 19.1. The number of aliphatic carboxylic acids is 1. The lowest BCUT2D eigenvalue weighted by Gasteiger charge is -2.43. The molecule has 1 amide bonds. The Morgan fingerprint density at radius 2 is 2.29 bits per heavy atom. The molecule has 1 aliphatic heterocycles. The van der Waals surface area contributed by atoms with Gasteiger partial charge in [-0.05, 0) is 12.5 Å². The first-order valence-corrected chi connectivity index (χ1v) is 3.98. The highest BCUT2D eigenvalue weighted by molar-refractivity contribution is 5.93. The van der Waals surface area contributed by atoms with Crippen molar-refractivity contribution in [3.8, 4) is 0 Å². The fourth-order valence-electron chi connectivity index (χ4n) is 1.34. The van der Waals surface area contributed by atoms with Crippen LogP contribution in [0.1, 0.15) is 6.92 Å². The van der Waals surface area contributed by atoms with Gasteiger partial charge in [-0.3, -0.25) is 9.69 Å². The monoisotopic (exact) mass is 202 g/mol. The standard InChI is InChI=1S/C8H11FN2O3/c1-3(2)5(8(13)14)11-6(9)4(10)7(11)12/h4-6H,1,10H2,2H3,(H,13,14). The van der Waals surface area contributed by atoms with Crippen molar-refractivity contribution in [2.45, 2.75) is 25.3 Å². The summed E-state index contributed by atoms with van der Waals surface area (Å²) in [7, 11) is 0. The second-order valence-corrected chi connectivity index (χ2v) is 3.23. The summed E-state index contributed by atoms with van der Waals surface area (Å²) in [6.07, 6.45) is -1.74.